The van der Waals surface area contributed by atoms with Crippen molar-refractivity contribution in [2.45, 2.75) is 20.3 Å². The van der Waals surface area contributed by atoms with Crippen LogP contribution in [0.25, 0.3) is 21.9 Å². The lowest BCUT2D eigenvalue weighted by Gasteiger charge is -2.09. The second-order valence-corrected chi connectivity index (χ2v) is 9.04. The van der Waals surface area contributed by atoms with E-state index in [2.05, 4.69) is 52.6 Å². The molecule has 0 heterocycles. The minimum Gasteiger partial charge on any atom is -0.381 e. The van der Waals surface area contributed by atoms with Crippen LogP contribution in [0.15, 0.2) is 60.7 Å². The maximum atomic E-state index is 11.9. The summed E-state index contributed by atoms with van der Waals surface area (Å²) in [7, 11) is 0.133. The lowest BCUT2D eigenvalue weighted by Crippen LogP contribution is -2.01. The van der Waals surface area contributed by atoms with Gasteiger partial charge in [-0.2, -0.15) is 0 Å². The number of anilines is 2. The summed E-state index contributed by atoms with van der Waals surface area (Å²) >= 11 is 0. The van der Waals surface area contributed by atoms with Crippen molar-refractivity contribution in [1.29, 1.82) is 0 Å². The standard InChI is InChI=1S/C23H26N2O3P2/c1-3-28-13-12-23(27)30-24-21-9-6-17(7-10-21)18-4-5-20-15-22(25-29-16(2)26)11-8-19(20)14-18/h4-11,14-15,24-25,29-30H,3,12-13H2,1-2H3. The van der Waals surface area contributed by atoms with Gasteiger partial charge in [-0.3, -0.25) is 9.59 Å². The number of ether oxygens (including phenoxy) is 1. The Morgan fingerprint density at radius 1 is 0.833 bits per heavy atom. The molecule has 5 nitrogen and oxygen atoms in total. The molecule has 0 aliphatic rings. The van der Waals surface area contributed by atoms with Gasteiger partial charge in [-0.15, -0.1) is 0 Å². The zero-order valence-corrected chi connectivity index (χ0v) is 19.1. The van der Waals surface area contributed by atoms with E-state index >= 15 is 0 Å². The van der Waals surface area contributed by atoms with Gasteiger partial charge >= 0.3 is 0 Å². The van der Waals surface area contributed by atoms with Gasteiger partial charge in [0.1, 0.15) is 0 Å². The van der Waals surface area contributed by atoms with Crippen LogP contribution >= 0.6 is 17.5 Å². The molecule has 0 saturated heterocycles. The zero-order valence-electron chi connectivity index (χ0n) is 17.1. The van der Waals surface area contributed by atoms with Gasteiger partial charge in [-0.05, 0) is 59.2 Å². The molecule has 0 aromatic heterocycles. The molecule has 7 heteroatoms. The van der Waals surface area contributed by atoms with Gasteiger partial charge in [-0.1, -0.05) is 30.3 Å². The van der Waals surface area contributed by atoms with Crippen molar-refractivity contribution in [2.24, 2.45) is 0 Å². The molecule has 0 radical (unpaired) electrons. The summed E-state index contributed by atoms with van der Waals surface area (Å²) in [6, 6.07) is 20.6. The summed E-state index contributed by atoms with van der Waals surface area (Å²) in [5.41, 5.74) is 4.45. The van der Waals surface area contributed by atoms with E-state index in [0.29, 0.717) is 19.6 Å². The Balaban J connectivity index is 1.63. The predicted molar refractivity (Wildman–Crippen MR) is 130 cm³/mol. The smallest absolute Gasteiger partial charge is 0.174 e. The van der Waals surface area contributed by atoms with Crippen molar-refractivity contribution in [3.63, 3.8) is 0 Å². The summed E-state index contributed by atoms with van der Waals surface area (Å²) in [4.78, 5) is 23.0. The first kappa shape index (κ1) is 22.4. The quantitative estimate of drug-likeness (QED) is 0.282. The van der Waals surface area contributed by atoms with Crippen LogP contribution in [0.1, 0.15) is 20.3 Å². The van der Waals surface area contributed by atoms with Gasteiger partial charge < -0.3 is 14.9 Å². The average Bonchev–Trinajstić information content (AvgIpc) is 2.76. The Morgan fingerprint density at radius 3 is 2.20 bits per heavy atom. The molecule has 156 valence electrons. The molecule has 2 unspecified atom stereocenters. The lowest BCUT2D eigenvalue weighted by atomic mass is 10.0. The third kappa shape index (κ3) is 6.60. The van der Waals surface area contributed by atoms with Crippen molar-refractivity contribution < 1.29 is 14.3 Å². The zero-order chi connectivity index (χ0) is 21.3. The number of nitrogens with one attached hydrogen (secondary N) is 2. The molecule has 0 aliphatic heterocycles. The van der Waals surface area contributed by atoms with Crippen molar-refractivity contribution >= 4 is 50.7 Å². The molecule has 2 N–H and O–H groups in total. The van der Waals surface area contributed by atoms with Gasteiger partial charge in [0.25, 0.3) is 0 Å². The van der Waals surface area contributed by atoms with E-state index in [1.54, 1.807) is 6.92 Å². The summed E-state index contributed by atoms with van der Waals surface area (Å²) in [5.74, 6) is 0. The Kier molecular flexibility index (Phi) is 8.33. The molecule has 0 saturated carbocycles. The molecule has 2 atom stereocenters. The molecule has 0 fully saturated rings. The van der Waals surface area contributed by atoms with Crippen LogP contribution in [-0.2, 0) is 14.3 Å². The molecule has 0 aliphatic carbocycles. The summed E-state index contributed by atoms with van der Waals surface area (Å²) in [5, 5.41) is 8.63. The van der Waals surface area contributed by atoms with Gasteiger partial charge in [0.2, 0.25) is 0 Å². The third-order valence-corrected chi connectivity index (χ3v) is 6.17. The highest BCUT2D eigenvalue weighted by molar-refractivity contribution is 7.59. The molecule has 3 rings (SSSR count). The van der Waals surface area contributed by atoms with Gasteiger partial charge in [-0.25, -0.2) is 0 Å². The van der Waals surface area contributed by atoms with Crippen LogP contribution in [0.4, 0.5) is 11.4 Å². The number of carbonyl (C=O) groups excluding carboxylic acids is 2. The Morgan fingerprint density at radius 2 is 1.47 bits per heavy atom. The number of hydrogen-bond donors (Lipinski definition) is 2. The molecular weight excluding hydrogens is 414 g/mol. The van der Waals surface area contributed by atoms with E-state index in [4.69, 9.17) is 4.74 Å². The second kappa shape index (κ2) is 11.2. The first-order chi connectivity index (χ1) is 14.5. The van der Waals surface area contributed by atoms with Crippen LogP contribution in [0.5, 0.6) is 0 Å². The van der Waals surface area contributed by atoms with Crippen molar-refractivity contribution in [2.75, 3.05) is 23.4 Å². The maximum absolute atomic E-state index is 11.9. The molecule has 3 aromatic rings. The van der Waals surface area contributed by atoms with Crippen molar-refractivity contribution in [1.82, 2.24) is 0 Å². The van der Waals surface area contributed by atoms with Gasteiger partial charge in [0.15, 0.2) is 11.0 Å². The molecule has 0 spiro atoms. The average molecular weight is 440 g/mol. The minimum atomic E-state index is 0.0463. The number of fused-ring (bicyclic) bond motifs is 1. The highest BCUT2D eigenvalue weighted by atomic mass is 31.1. The van der Waals surface area contributed by atoms with E-state index in [0.717, 1.165) is 33.3 Å². The van der Waals surface area contributed by atoms with E-state index < -0.39 is 0 Å². The van der Waals surface area contributed by atoms with Crippen LogP contribution in [0, 0.1) is 0 Å². The fourth-order valence-electron chi connectivity index (χ4n) is 2.92. The highest BCUT2D eigenvalue weighted by Gasteiger charge is 2.04. The first-order valence-corrected chi connectivity index (χ1v) is 11.8. The number of hydrogen-bond acceptors (Lipinski definition) is 5. The van der Waals surface area contributed by atoms with Crippen LogP contribution < -0.4 is 10.2 Å². The van der Waals surface area contributed by atoms with Crippen molar-refractivity contribution in [3.05, 3.63) is 60.7 Å². The Bertz CT molecular complexity index is 1020. The minimum absolute atomic E-state index is 0.0463. The fraction of sp³-hybridized carbons (Fsp3) is 0.217. The second-order valence-electron chi connectivity index (χ2n) is 6.78. The molecule has 0 bridgehead atoms. The third-order valence-electron chi connectivity index (χ3n) is 4.47. The molecular formula is C23H26N2O3P2. The maximum Gasteiger partial charge on any atom is 0.174 e. The topological polar surface area (TPSA) is 67.4 Å². The summed E-state index contributed by atoms with van der Waals surface area (Å²) < 4.78 is 5.22. The SMILES string of the molecule is CCOCCC(=O)PNc1ccc(-c2ccc3cc(NPC(C)=O)ccc3c2)cc1. The van der Waals surface area contributed by atoms with E-state index in [9.17, 15) is 9.59 Å². The number of rotatable bonds is 11. The molecule has 0 amide bonds. The normalized spacial score (nSPS) is 11.5. The van der Waals surface area contributed by atoms with E-state index in [-0.39, 0.29) is 28.5 Å². The summed E-state index contributed by atoms with van der Waals surface area (Å²) in [6.45, 7) is 4.63. The van der Waals surface area contributed by atoms with Crippen molar-refractivity contribution in [3.8, 4) is 11.1 Å². The predicted octanol–water partition coefficient (Wildman–Crippen LogP) is 6.02. The van der Waals surface area contributed by atoms with Crippen LogP contribution in [0.3, 0.4) is 0 Å². The van der Waals surface area contributed by atoms with E-state index in [1.807, 2.05) is 25.1 Å². The van der Waals surface area contributed by atoms with Gasteiger partial charge in [0, 0.05) is 48.8 Å². The van der Waals surface area contributed by atoms with Crippen LogP contribution in [0.2, 0.25) is 0 Å². The Labute approximate surface area is 180 Å². The molecule has 3 aromatic carbocycles. The monoisotopic (exact) mass is 440 g/mol. The van der Waals surface area contributed by atoms with Crippen LogP contribution in [-0.4, -0.2) is 24.3 Å². The van der Waals surface area contributed by atoms with Gasteiger partial charge in [0.05, 0.1) is 6.61 Å². The Hall–Kier alpha value is -2.32. The number of carbonyl (C=O) groups is 2. The molecule has 30 heavy (non-hydrogen) atoms. The summed E-state index contributed by atoms with van der Waals surface area (Å²) in [6.07, 6.45) is 0.445. The number of benzene rings is 3. The first-order valence-electron chi connectivity index (χ1n) is 9.84. The van der Waals surface area contributed by atoms with E-state index in [1.165, 1.54) is 0 Å². The lowest BCUT2D eigenvalue weighted by molar-refractivity contribution is -0.112. The fourth-order valence-corrected chi connectivity index (χ4v) is 4.08. The largest absolute Gasteiger partial charge is 0.381 e. The highest BCUT2D eigenvalue weighted by Crippen LogP contribution is 2.29.